The minimum Gasteiger partial charge on any atom is -0.337 e. The molecule has 2 aromatic heterocycles. The van der Waals surface area contributed by atoms with Gasteiger partial charge in [0.05, 0.1) is 6.54 Å². The van der Waals surface area contributed by atoms with E-state index in [1.54, 1.807) is 35.2 Å². The number of benzene rings is 1. The van der Waals surface area contributed by atoms with E-state index >= 15 is 4.39 Å². The summed E-state index contributed by atoms with van der Waals surface area (Å²) >= 11 is 1.04. The Morgan fingerprint density at radius 2 is 1.95 bits per heavy atom. The summed E-state index contributed by atoms with van der Waals surface area (Å²) in [6.45, 7) is 6.23. The second kappa shape index (κ2) is 11.7. The van der Waals surface area contributed by atoms with Crippen LogP contribution >= 0.6 is 11.3 Å². The van der Waals surface area contributed by atoms with E-state index in [2.05, 4.69) is 10.3 Å². The van der Waals surface area contributed by atoms with Crippen LogP contribution in [-0.4, -0.2) is 36.5 Å². The van der Waals surface area contributed by atoms with Gasteiger partial charge in [-0.25, -0.2) is 36.1 Å². The predicted molar refractivity (Wildman–Crippen MR) is 145 cm³/mol. The fourth-order valence-electron chi connectivity index (χ4n) is 4.67. The Balaban J connectivity index is 1.53. The van der Waals surface area contributed by atoms with Crippen molar-refractivity contribution in [3.63, 3.8) is 0 Å². The van der Waals surface area contributed by atoms with Crippen molar-refractivity contribution in [2.75, 3.05) is 6.54 Å². The molecular weight excluding hydrogens is 549 g/mol. The number of rotatable bonds is 9. The molecule has 39 heavy (non-hydrogen) atoms. The molecule has 0 unspecified atom stereocenters. The highest BCUT2D eigenvalue weighted by atomic mass is 32.2. The lowest BCUT2D eigenvalue weighted by Gasteiger charge is -2.28. The molecule has 4 rings (SSSR count). The molecule has 2 N–H and O–H groups in total. The molecule has 0 aliphatic heterocycles. The van der Waals surface area contributed by atoms with Crippen LogP contribution in [-0.2, 0) is 23.0 Å². The molecule has 0 bridgehead atoms. The Hall–Kier alpha value is -2.86. The first-order valence-corrected chi connectivity index (χ1v) is 15.2. The summed E-state index contributed by atoms with van der Waals surface area (Å²) in [5, 5.41) is 2.51. The van der Waals surface area contributed by atoms with Gasteiger partial charge in [-0.15, -0.1) is 11.3 Å². The fraction of sp³-hybridized carbons (Fsp3) is 0.481. The van der Waals surface area contributed by atoms with Crippen molar-refractivity contribution in [2.45, 2.75) is 69.6 Å². The third-order valence-electron chi connectivity index (χ3n) is 6.85. The molecule has 1 aliphatic rings. The van der Waals surface area contributed by atoms with Gasteiger partial charge in [0, 0.05) is 47.8 Å². The number of halogens is 3. The number of amides is 2. The monoisotopic (exact) mass is 582 g/mol. The Morgan fingerprint density at radius 3 is 2.56 bits per heavy atom. The number of aryl methyl sites for hydroxylation is 1. The number of aromatic nitrogens is 2. The highest BCUT2D eigenvalue weighted by molar-refractivity contribution is 7.92. The van der Waals surface area contributed by atoms with Crippen LogP contribution in [0.25, 0.3) is 11.1 Å². The molecular formula is C27H33F3N4O3S2. The van der Waals surface area contributed by atoms with Crippen LogP contribution < -0.4 is 10.0 Å². The van der Waals surface area contributed by atoms with Crippen molar-refractivity contribution in [2.24, 2.45) is 11.8 Å². The van der Waals surface area contributed by atoms with Crippen molar-refractivity contribution in [3.8, 4) is 11.1 Å². The molecule has 0 saturated heterocycles. The van der Waals surface area contributed by atoms with Gasteiger partial charge in [-0.3, -0.25) is 0 Å². The molecule has 2 amide bonds. The molecule has 1 saturated carbocycles. The van der Waals surface area contributed by atoms with Crippen LogP contribution in [0.15, 0.2) is 40.9 Å². The first-order chi connectivity index (χ1) is 18.3. The summed E-state index contributed by atoms with van der Waals surface area (Å²) in [5.41, 5.74) is 1.13. The number of urea groups is 1. The lowest BCUT2D eigenvalue weighted by molar-refractivity contribution is -0.0451. The second-order valence-corrected chi connectivity index (χ2v) is 13.5. The lowest BCUT2D eigenvalue weighted by atomic mass is 9.87. The van der Waals surface area contributed by atoms with Gasteiger partial charge < -0.3 is 9.88 Å². The normalized spacial score (nSPS) is 16.0. The average molecular weight is 583 g/mol. The molecule has 7 nitrogen and oxygen atoms in total. The van der Waals surface area contributed by atoms with E-state index in [1.165, 1.54) is 6.07 Å². The smallest absolute Gasteiger partial charge is 0.328 e. The maximum Gasteiger partial charge on any atom is 0.328 e. The minimum absolute atomic E-state index is 0.0804. The number of nitrogens with one attached hydrogen (secondary N) is 2. The zero-order valence-corrected chi connectivity index (χ0v) is 23.8. The topological polar surface area (TPSA) is 93.1 Å². The van der Waals surface area contributed by atoms with E-state index in [-0.39, 0.29) is 54.8 Å². The van der Waals surface area contributed by atoms with E-state index in [4.69, 9.17) is 0 Å². The highest BCUT2D eigenvalue weighted by Crippen LogP contribution is 2.38. The van der Waals surface area contributed by atoms with E-state index in [1.807, 2.05) is 25.5 Å². The molecule has 0 radical (unpaired) electrons. The molecule has 12 heteroatoms. The van der Waals surface area contributed by atoms with E-state index in [9.17, 15) is 22.0 Å². The zero-order chi connectivity index (χ0) is 28.4. The summed E-state index contributed by atoms with van der Waals surface area (Å²) in [6.07, 6.45) is 4.04. The summed E-state index contributed by atoms with van der Waals surface area (Å²) < 4.78 is 72.3. The number of nitrogens with zero attached hydrogens (tertiary/aromatic N) is 2. The molecule has 0 atom stereocenters. The number of imidazole rings is 1. The number of sulfonamides is 1. The minimum atomic E-state index is -4.29. The number of alkyl halides is 2. The van der Waals surface area contributed by atoms with Gasteiger partial charge in [0.1, 0.15) is 15.9 Å². The van der Waals surface area contributed by atoms with Gasteiger partial charge >= 0.3 is 6.03 Å². The SMILES string of the molecule is Cc1nccn1Cc1ccc(-c2cc(CC(C)C)sc2S(=O)(=O)NC(=O)NCC2CCC(F)(F)CC2)cc1F. The summed E-state index contributed by atoms with van der Waals surface area (Å²) in [7, 11) is -4.29. The van der Waals surface area contributed by atoms with Crippen molar-refractivity contribution >= 4 is 27.4 Å². The highest BCUT2D eigenvalue weighted by Gasteiger charge is 2.35. The van der Waals surface area contributed by atoms with Crippen LogP contribution in [0.1, 0.15) is 55.8 Å². The van der Waals surface area contributed by atoms with Crippen LogP contribution in [0.3, 0.4) is 0 Å². The van der Waals surface area contributed by atoms with Gasteiger partial charge in [0.15, 0.2) is 0 Å². The quantitative estimate of drug-likeness (QED) is 0.318. The Morgan fingerprint density at radius 1 is 1.23 bits per heavy atom. The van der Waals surface area contributed by atoms with Crippen LogP contribution in [0.5, 0.6) is 0 Å². The Bertz CT molecular complexity index is 1420. The number of hydrogen-bond donors (Lipinski definition) is 2. The third kappa shape index (κ3) is 7.42. The van der Waals surface area contributed by atoms with Gasteiger partial charge in [0.25, 0.3) is 10.0 Å². The fourth-order valence-corrected chi connectivity index (χ4v) is 7.55. The summed E-state index contributed by atoms with van der Waals surface area (Å²) in [4.78, 5) is 17.4. The number of carbonyl (C=O) groups is 1. The number of carbonyl (C=O) groups excluding carboxylic acids is 1. The van der Waals surface area contributed by atoms with Crippen LogP contribution in [0.2, 0.25) is 0 Å². The lowest BCUT2D eigenvalue weighted by Crippen LogP contribution is -2.42. The van der Waals surface area contributed by atoms with Crippen LogP contribution in [0, 0.1) is 24.6 Å². The van der Waals surface area contributed by atoms with E-state index < -0.39 is 27.8 Å². The van der Waals surface area contributed by atoms with Gasteiger partial charge in [-0.1, -0.05) is 26.0 Å². The standard InChI is InChI=1S/C27H33F3N4O3S2/c1-17(2)12-22-14-23(20-4-5-21(24(28)13-20)16-34-11-10-31-18(34)3)25(38-22)39(36,37)33-26(35)32-15-19-6-8-27(29,30)9-7-19/h4-5,10-11,13-14,17,19H,6-9,12,15-16H2,1-3H3,(H2,32,33,35). The molecule has 1 aliphatic carbocycles. The largest absolute Gasteiger partial charge is 0.337 e. The first-order valence-electron chi connectivity index (χ1n) is 12.9. The van der Waals surface area contributed by atoms with Gasteiger partial charge in [-0.2, -0.15) is 0 Å². The molecule has 212 valence electrons. The molecule has 2 heterocycles. The maximum absolute atomic E-state index is 15.1. The molecule has 0 spiro atoms. The Kier molecular flexibility index (Phi) is 8.75. The van der Waals surface area contributed by atoms with Gasteiger partial charge in [-0.05, 0) is 55.7 Å². The molecule has 3 aromatic rings. The third-order valence-corrected chi connectivity index (χ3v) is 9.87. The first kappa shape index (κ1) is 29.1. The second-order valence-electron chi connectivity index (χ2n) is 10.5. The van der Waals surface area contributed by atoms with Crippen molar-refractivity contribution < 1.29 is 26.4 Å². The van der Waals surface area contributed by atoms with Gasteiger partial charge in [0.2, 0.25) is 5.92 Å². The Labute approximate surface area is 230 Å². The van der Waals surface area contributed by atoms with Crippen molar-refractivity contribution in [1.29, 1.82) is 0 Å². The number of thiophene rings is 1. The number of hydrogen-bond acceptors (Lipinski definition) is 5. The molecule has 1 fully saturated rings. The van der Waals surface area contributed by atoms with Crippen LogP contribution in [0.4, 0.5) is 18.0 Å². The van der Waals surface area contributed by atoms with E-state index in [0.717, 1.165) is 22.0 Å². The van der Waals surface area contributed by atoms with Crippen molar-refractivity contribution in [1.82, 2.24) is 19.6 Å². The average Bonchev–Trinajstić information content (AvgIpc) is 3.45. The van der Waals surface area contributed by atoms with E-state index in [0.29, 0.717) is 23.1 Å². The summed E-state index contributed by atoms with van der Waals surface area (Å²) in [6, 6.07) is 5.40. The predicted octanol–water partition coefficient (Wildman–Crippen LogP) is 6.12. The maximum atomic E-state index is 15.1. The zero-order valence-electron chi connectivity index (χ0n) is 22.1. The summed E-state index contributed by atoms with van der Waals surface area (Å²) in [5.74, 6) is -2.30. The van der Waals surface area contributed by atoms with Crippen molar-refractivity contribution in [3.05, 3.63) is 58.7 Å². The molecule has 1 aromatic carbocycles.